The Morgan fingerprint density at radius 3 is 2.16 bits per heavy atom. The number of carboxylic acids is 1. The van der Waals surface area contributed by atoms with Gasteiger partial charge in [-0.3, -0.25) is 49.0 Å². The van der Waals surface area contributed by atoms with E-state index in [0.29, 0.717) is 65.2 Å². The van der Waals surface area contributed by atoms with Crippen molar-refractivity contribution < 1.29 is 38.6 Å². The first-order chi connectivity index (χ1) is 32.2. The summed E-state index contributed by atoms with van der Waals surface area (Å²) in [4.78, 5) is 77.1. The van der Waals surface area contributed by atoms with Crippen LogP contribution >= 0.6 is 0 Å². The molecule has 3 amide bonds. The number of primary amides is 1. The molecule has 9 N–H and O–H groups in total. The molecular formula is C45H52N14O8. The molecule has 0 spiro atoms. The first kappa shape index (κ1) is 47.9. The molecule has 0 bridgehead atoms. The number of aldehydes is 1. The third-order valence-corrected chi connectivity index (χ3v) is 9.85. The van der Waals surface area contributed by atoms with Crippen LogP contribution in [0.1, 0.15) is 70.5 Å². The number of aryl methyl sites for hydroxylation is 2. The van der Waals surface area contributed by atoms with Crippen LogP contribution in [0, 0.1) is 6.92 Å². The number of aliphatic carboxylic acids is 1. The zero-order valence-corrected chi connectivity index (χ0v) is 37.4. The topological polar surface area (TPSA) is 310 Å². The number of rotatable bonds is 23. The summed E-state index contributed by atoms with van der Waals surface area (Å²) >= 11 is 0. The van der Waals surface area contributed by atoms with Crippen molar-refractivity contribution in [3.05, 3.63) is 101 Å². The van der Waals surface area contributed by atoms with Gasteiger partial charge in [-0.05, 0) is 76.6 Å². The third-order valence-electron chi connectivity index (χ3n) is 9.85. The molecule has 350 valence electrons. The minimum atomic E-state index is -0.987. The number of imidazole rings is 2. The number of aliphatic imine (C=N–C) groups is 1. The Bertz CT molecular complexity index is 2950. The number of ether oxygens (including phenoxy) is 2. The number of carboxylic acid groups (broad SMARTS) is 1. The van der Waals surface area contributed by atoms with Crippen molar-refractivity contribution in [3.63, 3.8) is 0 Å². The Labute approximate surface area is 383 Å². The highest BCUT2D eigenvalue weighted by atomic mass is 16.5. The maximum absolute atomic E-state index is 13.8. The highest BCUT2D eigenvalue weighted by Gasteiger charge is 2.23. The highest BCUT2D eigenvalue weighted by Crippen LogP contribution is 2.33. The summed E-state index contributed by atoms with van der Waals surface area (Å²) < 4.78 is 18.9. The second-order valence-electron chi connectivity index (χ2n) is 15.0. The molecule has 4 heterocycles. The molecule has 22 heteroatoms. The van der Waals surface area contributed by atoms with E-state index >= 15 is 0 Å². The average molecular weight is 917 g/mol. The number of nitrogens with zero attached hydrogens (tertiary/aromatic N) is 9. The summed E-state index contributed by atoms with van der Waals surface area (Å²) in [5, 5.41) is 23.5. The van der Waals surface area contributed by atoms with Gasteiger partial charge in [0.2, 0.25) is 17.8 Å². The fourth-order valence-electron chi connectivity index (χ4n) is 6.96. The van der Waals surface area contributed by atoms with Crippen LogP contribution in [0.3, 0.4) is 0 Å². The zero-order chi connectivity index (χ0) is 48.2. The second-order valence-corrected chi connectivity index (χ2v) is 15.0. The molecule has 6 rings (SSSR count). The summed E-state index contributed by atoms with van der Waals surface area (Å²) in [5.41, 5.74) is 21.2. The minimum Gasteiger partial charge on any atom is -0.491 e. The summed E-state index contributed by atoms with van der Waals surface area (Å²) in [6.07, 6.45) is 12.5. The Kier molecular flexibility index (Phi) is 15.6. The molecule has 22 nitrogen and oxygen atoms in total. The monoisotopic (exact) mass is 916 g/mol. The van der Waals surface area contributed by atoms with Gasteiger partial charge in [0.25, 0.3) is 11.8 Å². The molecule has 0 aliphatic rings. The first-order valence-electron chi connectivity index (χ1n) is 21.2. The van der Waals surface area contributed by atoms with Crippen molar-refractivity contribution in [3.8, 4) is 11.5 Å². The zero-order valence-electron chi connectivity index (χ0n) is 37.4. The van der Waals surface area contributed by atoms with Gasteiger partial charge in [-0.2, -0.15) is 10.2 Å². The summed E-state index contributed by atoms with van der Waals surface area (Å²) in [7, 11) is 0. The minimum absolute atomic E-state index is 0.0199. The van der Waals surface area contributed by atoms with Gasteiger partial charge in [-0.15, -0.1) is 0 Å². The molecule has 6 aromatic rings. The number of hydrogen-bond donors (Lipinski definition) is 6. The molecule has 4 aromatic heterocycles. The van der Waals surface area contributed by atoms with E-state index in [2.05, 4.69) is 25.8 Å². The quantitative estimate of drug-likeness (QED) is 0.0227. The van der Waals surface area contributed by atoms with E-state index in [1.54, 1.807) is 75.8 Å². The molecule has 0 unspecified atom stereocenters. The van der Waals surface area contributed by atoms with Crippen molar-refractivity contribution in [1.29, 1.82) is 0 Å². The number of allylic oxidation sites excluding steroid dienone is 4. The van der Waals surface area contributed by atoms with E-state index in [1.807, 2.05) is 13.0 Å². The average Bonchev–Trinajstić information content (AvgIpc) is 4.06. The van der Waals surface area contributed by atoms with Gasteiger partial charge in [0.15, 0.2) is 0 Å². The van der Waals surface area contributed by atoms with Crippen LogP contribution in [0.4, 0.5) is 17.6 Å². The number of fused-ring (bicyclic) bond motifs is 2. The lowest BCUT2D eigenvalue weighted by molar-refractivity contribution is -0.137. The Balaban J connectivity index is 1.41. The molecule has 0 fully saturated rings. The van der Waals surface area contributed by atoms with Gasteiger partial charge in [-0.1, -0.05) is 18.2 Å². The number of carbonyl (C=O) groups excluding carboxylic acids is 4. The lowest BCUT2D eigenvalue weighted by Gasteiger charge is -2.13. The molecule has 2 aromatic carbocycles. The van der Waals surface area contributed by atoms with Crippen molar-refractivity contribution in [1.82, 2.24) is 38.7 Å². The largest absolute Gasteiger partial charge is 0.491 e. The van der Waals surface area contributed by atoms with E-state index < -0.39 is 23.7 Å². The van der Waals surface area contributed by atoms with Gasteiger partial charge in [0.05, 0.1) is 41.8 Å². The Morgan fingerprint density at radius 1 is 0.881 bits per heavy atom. The van der Waals surface area contributed by atoms with Gasteiger partial charge >= 0.3 is 5.97 Å². The summed E-state index contributed by atoms with van der Waals surface area (Å²) in [5.74, 6) is -2.11. The SMILES string of the molecule is CCN=C(/C=C(/C)N)C(=O)Nc1nc2cc(C(N)=O)cc(OC/C=C/Cn3cc(N)cn3)c2n1C/C=C/Cn1c(NC(=O)c2cc(C)nn2CC)nc2cc(C=O)cc(OCCCC(=O)O)c21. The number of anilines is 3. The molecule has 0 aliphatic heterocycles. The Morgan fingerprint density at radius 2 is 1.55 bits per heavy atom. The van der Waals surface area contributed by atoms with Gasteiger partial charge < -0.3 is 40.9 Å². The first-order valence-corrected chi connectivity index (χ1v) is 21.2. The standard InChI is InChI=1S/C45H52N14O8/c1-5-49-34(18-27(3)46)42(64)53-44-52-33-22-30(41(48)63)23-37(66-16-10-9-13-56-25-31(47)24-50-56)40(33)58(44)15-8-7-14-57-39-32(20-29(26-60)21-36(39)67-17-11-12-38(61)62)51-45(57)54-43(65)35-19-28(4)55-59(35)6-2/h7-10,18-26H,5-6,11-17,46-47H2,1-4H3,(H2,48,63)(H,61,62)(H,51,54,65)(H,52,53,64)/b8-7+,10-9+,27-18-,49-34?. The smallest absolute Gasteiger partial charge is 0.303 e. The van der Waals surface area contributed by atoms with Crippen molar-refractivity contribution in [2.24, 2.45) is 16.5 Å². The van der Waals surface area contributed by atoms with Gasteiger partial charge in [-0.25, -0.2) is 9.97 Å². The van der Waals surface area contributed by atoms with Crippen LogP contribution in [0.5, 0.6) is 11.5 Å². The van der Waals surface area contributed by atoms with Gasteiger partial charge in [0, 0.05) is 55.6 Å². The summed E-state index contributed by atoms with van der Waals surface area (Å²) in [6, 6.07) is 7.72. The normalized spacial score (nSPS) is 12.1. The number of benzene rings is 2. The predicted octanol–water partition coefficient (Wildman–Crippen LogP) is 4.25. The number of amides is 3. The fraction of sp³-hybridized carbons (Fsp3) is 0.289. The van der Waals surface area contributed by atoms with Crippen molar-refractivity contribution in [2.75, 3.05) is 36.1 Å². The molecular weight excluding hydrogens is 865 g/mol. The molecule has 0 aliphatic carbocycles. The summed E-state index contributed by atoms with van der Waals surface area (Å²) in [6.45, 7) is 8.43. The number of nitrogen functional groups attached to an aromatic ring is 1. The van der Waals surface area contributed by atoms with E-state index in [0.717, 1.165) is 0 Å². The number of nitrogens with one attached hydrogen (secondary N) is 2. The molecule has 0 radical (unpaired) electrons. The molecule has 0 atom stereocenters. The molecule has 67 heavy (non-hydrogen) atoms. The second kappa shape index (κ2) is 21.9. The van der Waals surface area contributed by atoms with Crippen LogP contribution in [0.15, 0.2) is 83.8 Å². The van der Waals surface area contributed by atoms with Crippen molar-refractivity contribution >= 4 is 75.3 Å². The number of nitrogens with two attached hydrogens (primary N) is 3. The van der Waals surface area contributed by atoms with E-state index in [9.17, 15) is 29.1 Å². The molecule has 0 saturated carbocycles. The van der Waals surface area contributed by atoms with E-state index in [1.165, 1.54) is 30.5 Å². The van der Waals surface area contributed by atoms with Crippen molar-refractivity contribution in [2.45, 2.75) is 66.7 Å². The van der Waals surface area contributed by atoms with E-state index in [4.69, 9.17) is 36.6 Å². The number of aromatic nitrogens is 8. The number of hydrogen-bond acceptors (Lipinski definition) is 14. The van der Waals surface area contributed by atoms with Crippen LogP contribution in [-0.4, -0.2) is 99.2 Å². The maximum atomic E-state index is 13.8. The van der Waals surface area contributed by atoms with Crippen LogP contribution < -0.4 is 37.3 Å². The van der Waals surface area contributed by atoms with E-state index in [-0.39, 0.29) is 84.9 Å². The lowest BCUT2D eigenvalue weighted by atomic mass is 10.1. The van der Waals surface area contributed by atoms with Crippen LogP contribution in [0.2, 0.25) is 0 Å². The fourth-order valence-corrected chi connectivity index (χ4v) is 6.96. The highest BCUT2D eigenvalue weighted by molar-refractivity contribution is 6.47. The van der Waals surface area contributed by atoms with Crippen LogP contribution in [-0.2, 0) is 35.8 Å². The third kappa shape index (κ3) is 12.0. The number of carbonyl (C=O) groups is 5. The maximum Gasteiger partial charge on any atom is 0.303 e. The molecule has 0 saturated heterocycles. The van der Waals surface area contributed by atoms with Crippen LogP contribution in [0.25, 0.3) is 22.1 Å². The van der Waals surface area contributed by atoms with Gasteiger partial charge in [0.1, 0.15) is 46.8 Å². The Hall–Kier alpha value is -8.56. The predicted molar refractivity (Wildman–Crippen MR) is 251 cm³/mol. The lowest BCUT2D eigenvalue weighted by Crippen LogP contribution is -2.24.